The highest BCUT2D eigenvalue weighted by atomic mass is 16.5. The summed E-state index contributed by atoms with van der Waals surface area (Å²) in [5, 5.41) is 12.3. The van der Waals surface area contributed by atoms with Crippen molar-refractivity contribution in [1.29, 1.82) is 0 Å². The fraction of sp³-hybridized carbons (Fsp3) is 0.368. The molecule has 2 amide bonds. The van der Waals surface area contributed by atoms with Gasteiger partial charge in [-0.3, -0.25) is 14.5 Å². The number of likely N-dealkylation sites (tertiary alicyclic amines) is 1. The molecular formula is C19H21NO4. The van der Waals surface area contributed by atoms with Gasteiger partial charge in [0.2, 0.25) is 11.8 Å². The molecule has 24 heavy (non-hydrogen) atoms. The Morgan fingerprint density at radius 1 is 1.17 bits per heavy atom. The molecule has 2 aromatic rings. The number of carbonyl (C=O) groups is 2. The van der Waals surface area contributed by atoms with Crippen LogP contribution in [0.1, 0.15) is 20.3 Å². The SMILES string of the molecule is CC1(C)CC(=O)N(CC(O)COc2ccc3ccccc3c2)C1=O. The molecule has 126 valence electrons. The van der Waals surface area contributed by atoms with Gasteiger partial charge in [0.1, 0.15) is 18.5 Å². The third-order valence-electron chi connectivity index (χ3n) is 4.27. The molecule has 1 atom stereocenters. The van der Waals surface area contributed by atoms with Gasteiger partial charge in [0.25, 0.3) is 0 Å². The van der Waals surface area contributed by atoms with Crippen molar-refractivity contribution in [3.63, 3.8) is 0 Å². The van der Waals surface area contributed by atoms with E-state index < -0.39 is 11.5 Å². The third-order valence-corrected chi connectivity index (χ3v) is 4.27. The molecule has 1 unspecified atom stereocenters. The summed E-state index contributed by atoms with van der Waals surface area (Å²) < 4.78 is 5.61. The monoisotopic (exact) mass is 327 g/mol. The molecule has 1 heterocycles. The topological polar surface area (TPSA) is 66.8 Å². The summed E-state index contributed by atoms with van der Waals surface area (Å²) in [5.74, 6) is 0.166. The maximum Gasteiger partial charge on any atom is 0.235 e. The van der Waals surface area contributed by atoms with Crippen LogP contribution in [-0.2, 0) is 9.59 Å². The smallest absolute Gasteiger partial charge is 0.235 e. The number of carbonyl (C=O) groups excluding carboxylic acids is 2. The first-order valence-corrected chi connectivity index (χ1v) is 8.01. The summed E-state index contributed by atoms with van der Waals surface area (Å²) in [6, 6.07) is 13.6. The van der Waals surface area contributed by atoms with Crippen LogP contribution >= 0.6 is 0 Å². The lowest BCUT2D eigenvalue weighted by Crippen LogP contribution is -2.40. The molecule has 3 rings (SSSR count). The molecule has 0 radical (unpaired) electrons. The number of benzene rings is 2. The van der Waals surface area contributed by atoms with E-state index in [1.54, 1.807) is 13.8 Å². The summed E-state index contributed by atoms with van der Waals surface area (Å²) in [6.45, 7) is 3.47. The molecule has 1 aliphatic heterocycles. The van der Waals surface area contributed by atoms with Gasteiger partial charge in [0.05, 0.1) is 12.0 Å². The molecule has 0 aliphatic carbocycles. The largest absolute Gasteiger partial charge is 0.491 e. The van der Waals surface area contributed by atoms with Gasteiger partial charge in [-0.15, -0.1) is 0 Å². The van der Waals surface area contributed by atoms with Gasteiger partial charge in [-0.2, -0.15) is 0 Å². The van der Waals surface area contributed by atoms with E-state index >= 15 is 0 Å². The van der Waals surface area contributed by atoms with E-state index in [1.807, 2.05) is 42.5 Å². The summed E-state index contributed by atoms with van der Waals surface area (Å²) in [4.78, 5) is 25.2. The average molecular weight is 327 g/mol. The van der Waals surface area contributed by atoms with Gasteiger partial charge >= 0.3 is 0 Å². The predicted octanol–water partition coefficient (Wildman–Crippen LogP) is 2.36. The zero-order chi connectivity index (χ0) is 17.3. The highest BCUT2D eigenvalue weighted by molar-refractivity contribution is 6.05. The molecule has 0 saturated carbocycles. The Labute approximate surface area is 140 Å². The zero-order valence-electron chi connectivity index (χ0n) is 13.9. The van der Waals surface area contributed by atoms with E-state index in [1.165, 1.54) is 0 Å². The van der Waals surface area contributed by atoms with Crippen molar-refractivity contribution in [3.05, 3.63) is 42.5 Å². The second kappa shape index (κ2) is 6.24. The normalized spacial score (nSPS) is 18.2. The van der Waals surface area contributed by atoms with Crippen LogP contribution in [0, 0.1) is 5.41 Å². The molecule has 1 aliphatic rings. The molecule has 1 N–H and O–H groups in total. The van der Waals surface area contributed by atoms with E-state index in [0.717, 1.165) is 15.7 Å². The highest BCUT2D eigenvalue weighted by Gasteiger charge is 2.45. The molecular weight excluding hydrogens is 306 g/mol. The van der Waals surface area contributed by atoms with Crippen molar-refractivity contribution in [2.45, 2.75) is 26.4 Å². The van der Waals surface area contributed by atoms with Crippen LogP contribution < -0.4 is 4.74 Å². The first-order chi connectivity index (χ1) is 11.4. The van der Waals surface area contributed by atoms with Crippen LogP contribution in [0.5, 0.6) is 5.75 Å². The lowest BCUT2D eigenvalue weighted by molar-refractivity contribution is -0.142. The minimum atomic E-state index is -0.918. The van der Waals surface area contributed by atoms with Crippen molar-refractivity contribution < 1.29 is 19.4 Å². The van der Waals surface area contributed by atoms with Crippen LogP contribution in [0.4, 0.5) is 0 Å². The Balaban J connectivity index is 1.60. The van der Waals surface area contributed by atoms with Crippen LogP contribution in [0.25, 0.3) is 10.8 Å². The molecule has 1 fully saturated rings. The van der Waals surface area contributed by atoms with E-state index in [9.17, 15) is 14.7 Å². The van der Waals surface area contributed by atoms with Crippen molar-refractivity contribution in [2.24, 2.45) is 5.41 Å². The number of amides is 2. The van der Waals surface area contributed by atoms with Gasteiger partial charge in [0, 0.05) is 6.42 Å². The number of aliphatic hydroxyl groups excluding tert-OH is 1. The van der Waals surface area contributed by atoms with Gasteiger partial charge in [-0.05, 0) is 22.9 Å². The number of hydrogen-bond acceptors (Lipinski definition) is 4. The van der Waals surface area contributed by atoms with Crippen LogP contribution in [0.3, 0.4) is 0 Å². The van der Waals surface area contributed by atoms with Gasteiger partial charge in [0.15, 0.2) is 0 Å². The summed E-state index contributed by atoms with van der Waals surface area (Å²) in [7, 11) is 0. The Kier molecular flexibility index (Phi) is 4.28. The molecule has 0 bridgehead atoms. The fourth-order valence-electron chi connectivity index (χ4n) is 2.93. The summed E-state index contributed by atoms with van der Waals surface area (Å²) in [5.41, 5.74) is -0.685. The van der Waals surface area contributed by atoms with Gasteiger partial charge in [-0.1, -0.05) is 44.2 Å². The van der Waals surface area contributed by atoms with E-state index in [4.69, 9.17) is 4.74 Å². The molecule has 5 nitrogen and oxygen atoms in total. The molecule has 1 saturated heterocycles. The Morgan fingerprint density at radius 3 is 2.54 bits per heavy atom. The summed E-state index contributed by atoms with van der Waals surface area (Å²) >= 11 is 0. The van der Waals surface area contributed by atoms with Crippen molar-refractivity contribution in [2.75, 3.05) is 13.2 Å². The van der Waals surface area contributed by atoms with Crippen molar-refractivity contribution in [1.82, 2.24) is 4.90 Å². The lowest BCUT2D eigenvalue weighted by Gasteiger charge is -2.21. The van der Waals surface area contributed by atoms with Crippen LogP contribution in [0.15, 0.2) is 42.5 Å². The first-order valence-electron chi connectivity index (χ1n) is 8.01. The Hall–Kier alpha value is -2.40. The van der Waals surface area contributed by atoms with Gasteiger partial charge in [-0.25, -0.2) is 0 Å². The van der Waals surface area contributed by atoms with Crippen LogP contribution in [-0.4, -0.2) is 41.1 Å². The van der Waals surface area contributed by atoms with Crippen molar-refractivity contribution in [3.8, 4) is 5.75 Å². The fourth-order valence-corrected chi connectivity index (χ4v) is 2.93. The molecule has 2 aromatic carbocycles. The first kappa shape index (κ1) is 16.5. The number of imide groups is 1. The van der Waals surface area contributed by atoms with E-state index in [2.05, 4.69) is 0 Å². The van der Waals surface area contributed by atoms with E-state index in [-0.39, 0.29) is 31.4 Å². The zero-order valence-corrected chi connectivity index (χ0v) is 13.9. The highest BCUT2D eigenvalue weighted by Crippen LogP contribution is 2.31. The van der Waals surface area contributed by atoms with Crippen LogP contribution in [0.2, 0.25) is 0 Å². The number of β-amino-alcohol motifs (C(OH)–C–C–N with tert-alkyl or cyclic N) is 1. The van der Waals surface area contributed by atoms with Gasteiger partial charge < -0.3 is 9.84 Å². The Morgan fingerprint density at radius 2 is 1.88 bits per heavy atom. The number of ether oxygens (including phenoxy) is 1. The molecule has 5 heteroatoms. The summed E-state index contributed by atoms with van der Waals surface area (Å²) in [6.07, 6.45) is -0.734. The number of rotatable bonds is 5. The second-order valence-corrected chi connectivity index (χ2v) is 6.84. The Bertz CT molecular complexity index is 784. The second-order valence-electron chi connectivity index (χ2n) is 6.84. The number of hydrogen-bond donors (Lipinski definition) is 1. The van der Waals surface area contributed by atoms with E-state index in [0.29, 0.717) is 5.75 Å². The third kappa shape index (κ3) is 3.26. The standard InChI is InChI=1S/C19H21NO4/c1-19(2)10-17(22)20(18(19)23)11-15(21)12-24-16-8-7-13-5-3-4-6-14(13)9-16/h3-9,15,21H,10-12H2,1-2H3. The maximum atomic E-state index is 12.1. The average Bonchev–Trinajstić information content (AvgIpc) is 2.74. The van der Waals surface area contributed by atoms with Crippen molar-refractivity contribution >= 4 is 22.6 Å². The number of aliphatic hydroxyl groups is 1. The maximum absolute atomic E-state index is 12.1. The minimum absolute atomic E-state index is 0.0236. The quantitative estimate of drug-likeness (QED) is 0.856. The number of nitrogens with zero attached hydrogens (tertiary/aromatic N) is 1. The molecule has 0 aromatic heterocycles. The number of fused-ring (bicyclic) bond motifs is 1. The lowest BCUT2D eigenvalue weighted by atomic mass is 9.92. The molecule has 0 spiro atoms. The minimum Gasteiger partial charge on any atom is -0.491 e. The predicted molar refractivity (Wildman–Crippen MR) is 90.6 cm³/mol.